The Morgan fingerprint density at radius 3 is 2.57 bits per heavy atom. The number of fused-ring (bicyclic) bond motifs is 1. The van der Waals surface area contributed by atoms with Gasteiger partial charge in [0.1, 0.15) is 5.69 Å². The standard InChI is InChI=1S/C23H30N2O3/c1-5-13-25(19-12-11-17-9-7-8-10-18(17)14-19)22(26)21-15(3)20(16(4)24-21)23(27)28-6-2/h7-10,19,24H,5-6,11-14H2,1-4H3. The largest absolute Gasteiger partial charge is 0.462 e. The van der Waals surface area contributed by atoms with Gasteiger partial charge in [-0.3, -0.25) is 4.79 Å². The van der Waals surface area contributed by atoms with E-state index in [1.807, 2.05) is 18.7 Å². The fourth-order valence-corrected chi connectivity index (χ4v) is 4.25. The molecule has 1 aliphatic carbocycles. The highest BCUT2D eigenvalue weighted by Gasteiger charge is 2.31. The highest BCUT2D eigenvalue weighted by atomic mass is 16.5. The zero-order valence-electron chi connectivity index (χ0n) is 17.3. The first-order valence-electron chi connectivity index (χ1n) is 10.2. The second-order valence-electron chi connectivity index (χ2n) is 7.51. The van der Waals surface area contributed by atoms with E-state index in [9.17, 15) is 9.59 Å². The van der Waals surface area contributed by atoms with E-state index >= 15 is 0 Å². The van der Waals surface area contributed by atoms with Crippen molar-refractivity contribution in [2.45, 2.75) is 59.4 Å². The van der Waals surface area contributed by atoms with Crippen LogP contribution in [0.5, 0.6) is 0 Å². The van der Waals surface area contributed by atoms with Gasteiger partial charge in [0.05, 0.1) is 12.2 Å². The van der Waals surface area contributed by atoms with Gasteiger partial charge in [0.25, 0.3) is 5.91 Å². The summed E-state index contributed by atoms with van der Waals surface area (Å²) >= 11 is 0. The molecule has 5 nitrogen and oxygen atoms in total. The van der Waals surface area contributed by atoms with Crippen molar-refractivity contribution < 1.29 is 14.3 Å². The number of nitrogens with zero attached hydrogens (tertiary/aromatic N) is 1. The zero-order chi connectivity index (χ0) is 20.3. The monoisotopic (exact) mass is 382 g/mol. The quantitative estimate of drug-likeness (QED) is 0.761. The normalized spacial score (nSPS) is 15.8. The number of rotatable bonds is 6. The molecule has 5 heteroatoms. The van der Waals surface area contributed by atoms with Crippen molar-refractivity contribution >= 4 is 11.9 Å². The molecular formula is C23H30N2O3. The number of carbonyl (C=O) groups is 2. The molecule has 0 spiro atoms. The molecule has 0 aliphatic heterocycles. The summed E-state index contributed by atoms with van der Waals surface area (Å²) in [6.45, 7) is 8.53. The summed E-state index contributed by atoms with van der Waals surface area (Å²) in [5.41, 5.74) is 5.07. The average molecular weight is 383 g/mol. The van der Waals surface area contributed by atoms with Crippen LogP contribution >= 0.6 is 0 Å². The van der Waals surface area contributed by atoms with E-state index < -0.39 is 0 Å². The van der Waals surface area contributed by atoms with Crippen LogP contribution < -0.4 is 0 Å². The molecule has 1 aliphatic rings. The van der Waals surface area contributed by atoms with Gasteiger partial charge in [-0.15, -0.1) is 0 Å². The number of carbonyl (C=O) groups excluding carboxylic acids is 2. The Bertz CT molecular complexity index is 869. The fourth-order valence-electron chi connectivity index (χ4n) is 4.25. The van der Waals surface area contributed by atoms with Gasteiger partial charge in [0, 0.05) is 18.3 Å². The number of ether oxygens (including phenoxy) is 1. The molecular weight excluding hydrogens is 352 g/mol. The maximum Gasteiger partial charge on any atom is 0.340 e. The van der Waals surface area contributed by atoms with Crippen molar-refractivity contribution in [2.24, 2.45) is 0 Å². The molecule has 0 saturated carbocycles. The van der Waals surface area contributed by atoms with Crippen molar-refractivity contribution in [3.63, 3.8) is 0 Å². The van der Waals surface area contributed by atoms with Crippen LogP contribution in [0.4, 0.5) is 0 Å². The summed E-state index contributed by atoms with van der Waals surface area (Å²) in [5, 5.41) is 0. The number of aromatic amines is 1. The molecule has 1 unspecified atom stereocenters. The number of benzene rings is 1. The predicted molar refractivity (Wildman–Crippen MR) is 110 cm³/mol. The van der Waals surface area contributed by atoms with Crippen LogP contribution in [0.3, 0.4) is 0 Å². The number of hydrogen-bond donors (Lipinski definition) is 1. The molecule has 1 amide bonds. The minimum atomic E-state index is -0.374. The predicted octanol–water partition coefficient (Wildman–Crippen LogP) is 4.22. The van der Waals surface area contributed by atoms with Crippen LogP contribution in [0.2, 0.25) is 0 Å². The van der Waals surface area contributed by atoms with Crippen LogP contribution in [0.1, 0.15) is 69.9 Å². The van der Waals surface area contributed by atoms with E-state index in [2.05, 4.69) is 36.2 Å². The van der Waals surface area contributed by atoms with Crippen LogP contribution in [0.25, 0.3) is 0 Å². The van der Waals surface area contributed by atoms with Gasteiger partial charge >= 0.3 is 5.97 Å². The maximum atomic E-state index is 13.5. The first kappa shape index (κ1) is 20.2. The summed E-state index contributed by atoms with van der Waals surface area (Å²) in [4.78, 5) is 30.9. The molecule has 0 bridgehead atoms. The SMILES string of the molecule is CCCN(C(=O)c1[nH]c(C)c(C(=O)OCC)c1C)C1CCc2ccccc2C1. The van der Waals surface area contributed by atoms with Gasteiger partial charge in [-0.2, -0.15) is 0 Å². The van der Waals surface area contributed by atoms with Crippen molar-refractivity contribution in [1.29, 1.82) is 0 Å². The van der Waals surface area contributed by atoms with E-state index in [0.29, 0.717) is 35.7 Å². The Labute approximate surface area is 167 Å². The average Bonchev–Trinajstić information content (AvgIpc) is 2.99. The summed E-state index contributed by atoms with van der Waals surface area (Å²) in [6, 6.07) is 8.67. The smallest absolute Gasteiger partial charge is 0.340 e. The van der Waals surface area contributed by atoms with E-state index in [0.717, 1.165) is 25.7 Å². The number of amides is 1. The van der Waals surface area contributed by atoms with Gasteiger partial charge in [-0.25, -0.2) is 4.79 Å². The Morgan fingerprint density at radius 1 is 1.18 bits per heavy atom. The first-order chi connectivity index (χ1) is 13.5. The molecule has 1 atom stereocenters. The fraction of sp³-hybridized carbons (Fsp3) is 0.478. The van der Waals surface area contributed by atoms with E-state index in [-0.39, 0.29) is 17.9 Å². The third-order valence-corrected chi connectivity index (χ3v) is 5.62. The van der Waals surface area contributed by atoms with Crippen molar-refractivity contribution in [2.75, 3.05) is 13.2 Å². The summed E-state index contributed by atoms with van der Waals surface area (Å²) in [5.74, 6) is -0.399. The van der Waals surface area contributed by atoms with E-state index in [1.54, 1.807) is 6.92 Å². The molecule has 0 saturated heterocycles. The number of hydrogen-bond acceptors (Lipinski definition) is 3. The molecule has 2 aromatic rings. The highest BCUT2D eigenvalue weighted by Crippen LogP contribution is 2.27. The molecule has 0 fully saturated rings. The minimum Gasteiger partial charge on any atom is -0.462 e. The van der Waals surface area contributed by atoms with E-state index in [1.165, 1.54) is 11.1 Å². The lowest BCUT2D eigenvalue weighted by atomic mass is 9.87. The molecule has 28 heavy (non-hydrogen) atoms. The van der Waals surface area contributed by atoms with Crippen LogP contribution in [-0.4, -0.2) is 41.0 Å². The van der Waals surface area contributed by atoms with Gasteiger partial charge in [0.15, 0.2) is 0 Å². The van der Waals surface area contributed by atoms with Gasteiger partial charge < -0.3 is 14.6 Å². The summed E-state index contributed by atoms with van der Waals surface area (Å²) in [6.07, 6.45) is 3.73. The van der Waals surface area contributed by atoms with Crippen LogP contribution in [-0.2, 0) is 17.6 Å². The van der Waals surface area contributed by atoms with Crippen molar-refractivity contribution in [3.8, 4) is 0 Å². The molecule has 150 valence electrons. The molecule has 1 aromatic heterocycles. The van der Waals surface area contributed by atoms with Gasteiger partial charge in [-0.05, 0) is 63.1 Å². The first-order valence-corrected chi connectivity index (χ1v) is 10.2. The lowest BCUT2D eigenvalue weighted by molar-refractivity contribution is 0.0525. The highest BCUT2D eigenvalue weighted by molar-refractivity contribution is 6.00. The number of nitrogens with one attached hydrogen (secondary N) is 1. The Kier molecular flexibility index (Phi) is 6.22. The molecule has 1 N–H and O–H groups in total. The number of aromatic nitrogens is 1. The molecule has 1 heterocycles. The Morgan fingerprint density at radius 2 is 1.89 bits per heavy atom. The van der Waals surface area contributed by atoms with E-state index in [4.69, 9.17) is 4.74 Å². The Balaban J connectivity index is 1.88. The van der Waals surface area contributed by atoms with Crippen LogP contribution in [0, 0.1) is 13.8 Å². The van der Waals surface area contributed by atoms with Crippen molar-refractivity contribution in [1.82, 2.24) is 9.88 Å². The molecule has 0 radical (unpaired) electrons. The minimum absolute atomic E-state index is 0.0256. The molecule has 1 aromatic carbocycles. The number of esters is 1. The second kappa shape index (κ2) is 8.63. The second-order valence-corrected chi connectivity index (χ2v) is 7.51. The topological polar surface area (TPSA) is 62.4 Å². The lowest BCUT2D eigenvalue weighted by Crippen LogP contribution is -2.44. The van der Waals surface area contributed by atoms with Gasteiger partial charge in [0.2, 0.25) is 0 Å². The van der Waals surface area contributed by atoms with Crippen molar-refractivity contribution in [3.05, 3.63) is 57.9 Å². The van der Waals surface area contributed by atoms with Gasteiger partial charge in [-0.1, -0.05) is 31.2 Å². The third-order valence-electron chi connectivity index (χ3n) is 5.62. The maximum absolute atomic E-state index is 13.5. The third kappa shape index (κ3) is 3.84. The molecule has 3 rings (SSSR count). The summed E-state index contributed by atoms with van der Waals surface area (Å²) in [7, 11) is 0. The zero-order valence-corrected chi connectivity index (χ0v) is 17.3. The number of H-pyrrole nitrogens is 1. The van der Waals surface area contributed by atoms with Crippen LogP contribution in [0.15, 0.2) is 24.3 Å². The summed E-state index contributed by atoms with van der Waals surface area (Å²) < 4.78 is 5.16. The number of aryl methyl sites for hydroxylation is 2. The lowest BCUT2D eigenvalue weighted by Gasteiger charge is -2.35. The Hall–Kier alpha value is -2.56.